The van der Waals surface area contributed by atoms with Crippen LogP contribution in [0.15, 0.2) is 48.5 Å². The van der Waals surface area contributed by atoms with Gasteiger partial charge in [0.25, 0.3) is 0 Å². The van der Waals surface area contributed by atoms with Crippen LogP contribution in [0.5, 0.6) is 0 Å². The van der Waals surface area contributed by atoms with Gasteiger partial charge < -0.3 is 10.0 Å². The molecular weight excluding hydrogens is 345 g/mol. The van der Waals surface area contributed by atoms with E-state index in [1.807, 2.05) is 24.1 Å². The van der Waals surface area contributed by atoms with E-state index in [2.05, 4.69) is 0 Å². The largest absolute Gasteiger partial charge is 0.384 e. The lowest BCUT2D eigenvalue weighted by molar-refractivity contribution is -0.0593. The zero-order valence-corrected chi connectivity index (χ0v) is 14.9. The van der Waals surface area contributed by atoms with Crippen LogP contribution in [-0.4, -0.2) is 35.9 Å². The molecule has 0 radical (unpaired) electrons. The molecule has 0 bridgehead atoms. The SMILES string of the molecule is CN1CC[C@@](O)(c2ccccc2Cl)[C@H](C(=O)c2ccccc2Cl)C1. The monoisotopic (exact) mass is 363 g/mol. The molecule has 1 N–H and O–H groups in total. The van der Waals surface area contributed by atoms with E-state index in [-0.39, 0.29) is 5.78 Å². The number of aliphatic hydroxyl groups is 1. The van der Waals surface area contributed by atoms with Crippen LogP contribution in [0, 0.1) is 5.92 Å². The van der Waals surface area contributed by atoms with E-state index in [4.69, 9.17) is 23.2 Å². The lowest BCUT2D eigenvalue weighted by Crippen LogP contribution is -2.52. The van der Waals surface area contributed by atoms with Crippen LogP contribution in [0.4, 0.5) is 0 Å². The molecule has 1 aliphatic rings. The van der Waals surface area contributed by atoms with Gasteiger partial charge in [0.2, 0.25) is 0 Å². The molecule has 2 atom stereocenters. The average molecular weight is 364 g/mol. The third-order valence-corrected chi connectivity index (χ3v) is 5.40. The van der Waals surface area contributed by atoms with Gasteiger partial charge in [-0.3, -0.25) is 4.79 Å². The van der Waals surface area contributed by atoms with Crippen molar-refractivity contribution >= 4 is 29.0 Å². The molecule has 0 aromatic heterocycles. The summed E-state index contributed by atoms with van der Waals surface area (Å²) in [5.74, 6) is -0.786. The van der Waals surface area contributed by atoms with E-state index >= 15 is 0 Å². The van der Waals surface area contributed by atoms with Gasteiger partial charge in [0, 0.05) is 29.2 Å². The van der Waals surface area contributed by atoms with E-state index in [1.54, 1.807) is 36.4 Å². The van der Waals surface area contributed by atoms with Gasteiger partial charge in [-0.15, -0.1) is 0 Å². The summed E-state index contributed by atoms with van der Waals surface area (Å²) in [5.41, 5.74) is -0.267. The molecule has 3 nitrogen and oxygen atoms in total. The quantitative estimate of drug-likeness (QED) is 0.837. The Kier molecular flexibility index (Phi) is 4.97. The second-order valence-corrected chi connectivity index (χ2v) is 7.13. The van der Waals surface area contributed by atoms with Crippen LogP contribution >= 0.6 is 23.2 Å². The number of Topliss-reactive ketones (excluding diaryl/α,β-unsaturated/α-hetero) is 1. The van der Waals surface area contributed by atoms with Crippen molar-refractivity contribution in [2.45, 2.75) is 12.0 Å². The summed E-state index contributed by atoms with van der Waals surface area (Å²) in [6.07, 6.45) is 0.439. The molecule has 1 saturated heterocycles. The Bertz CT molecular complexity index is 765. The number of piperidine rings is 1. The molecule has 1 fully saturated rings. The molecule has 0 saturated carbocycles. The Morgan fingerprint density at radius 1 is 1.12 bits per heavy atom. The Morgan fingerprint density at radius 3 is 2.42 bits per heavy atom. The minimum absolute atomic E-state index is 0.158. The molecule has 2 aromatic rings. The van der Waals surface area contributed by atoms with Gasteiger partial charge in [-0.2, -0.15) is 0 Å². The normalized spacial score (nSPS) is 24.8. The summed E-state index contributed by atoms with van der Waals surface area (Å²) in [6, 6.07) is 14.1. The number of likely N-dealkylation sites (tertiary alicyclic amines) is 1. The van der Waals surface area contributed by atoms with Crippen LogP contribution in [0.25, 0.3) is 0 Å². The summed E-state index contributed by atoms with van der Waals surface area (Å²) in [6.45, 7) is 1.14. The topological polar surface area (TPSA) is 40.5 Å². The zero-order chi connectivity index (χ0) is 17.3. The van der Waals surface area contributed by atoms with E-state index in [1.165, 1.54) is 0 Å². The van der Waals surface area contributed by atoms with Gasteiger partial charge in [-0.1, -0.05) is 53.5 Å². The third-order valence-electron chi connectivity index (χ3n) is 4.74. The Balaban J connectivity index is 2.06. The molecule has 0 amide bonds. The van der Waals surface area contributed by atoms with E-state index in [0.717, 1.165) is 0 Å². The van der Waals surface area contributed by atoms with E-state index in [0.29, 0.717) is 40.7 Å². The number of benzene rings is 2. The fourth-order valence-corrected chi connectivity index (χ4v) is 3.90. The maximum Gasteiger partial charge on any atom is 0.171 e. The summed E-state index contributed by atoms with van der Waals surface area (Å²) in [4.78, 5) is 15.2. The highest BCUT2D eigenvalue weighted by Gasteiger charge is 2.47. The first-order valence-corrected chi connectivity index (χ1v) is 8.64. The highest BCUT2D eigenvalue weighted by molar-refractivity contribution is 6.34. The maximum absolute atomic E-state index is 13.2. The smallest absolute Gasteiger partial charge is 0.171 e. The second kappa shape index (κ2) is 6.85. The first-order valence-electron chi connectivity index (χ1n) is 7.88. The molecule has 5 heteroatoms. The van der Waals surface area contributed by atoms with Crippen molar-refractivity contribution in [1.82, 2.24) is 4.90 Å². The van der Waals surface area contributed by atoms with Gasteiger partial charge >= 0.3 is 0 Å². The molecule has 2 aromatic carbocycles. The van der Waals surface area contributed by atoms with Crippen LogP contribution < -0.4 is 0 Å². The number of rotatable bonds is 3. The number of ketones is 1. The highest BCUT2D eigenvalue weighted by atomic mass is 35.5. The van der Waals surface area contributed by atoms with E-state index < -0.39 is 11.5 Å². The molecule has 0 aliphatic carbocycles. The Hall–Kier alpha value is -1.39. The lowest BCUT2D eigenvalue weighted by Gasteiger charge is -2.43. The number of hydrogen-bond donors (Lipinski definition) is 1. The summed E-state index contributed by atoms with van der Waals surface area (Å²) < 4.78 is 0. The fraction of sp³-hybridized carbons (Fsp3) is 0.316. The maximum atomic E-state index is 13.2. The number of carbonyl (C=O) groups is 1. The van der Waals surface area contributed by atoms with Crippen LogP contribution in [0.1, 0.15) is 22.3 Å². The van der Waals surface area contributed by atoms with Crippen molar-refractivity contribution < 1.29 is 9.90 Å². The minimum atomic E-state index is -1.30. The fourth-order valence-electron chi connectivity index (χ4n) is 3.37. The zero-order valence-electron chi connectivity index (χ0n) is 13.4. The molecule has 0 spiro atoms. The third kappa shape index (κ3) is 3.09. The van der Waals surface area contributed by atoms with Crippen molar-refractivity contribution in [2.24, 2.45) is 5.92 Å². The standard InChI is InChI=1S/C19H19Cl2NO2/c1-22-11-10-19(24,14-7-3-5-9-17(14)21)15(12-22)18(23)13-6-2-4-8-16(13)20/h2-9,15,24H,10-12H2,1H3/t15-,19+/m0/s1. The van der Waals surface area contributed by atoms with Gasteiger partial charge in [0.05, 0.1) is 10.9 Å². The molecule has 24 heavy (non-hydrogen) atoms. The highest BCUT2D eigenvalue weighted by Crippen LogP contribution is 2.42. The van der Waals surface area contributed by atoms with Crippen LogP contribution in [0.2, 0.25) is 10.0 Å². The number of hydrogen-bond acceptors (Lipinski definition) is 3. The van der Waals surface area contributed by atoms with Crippen molar-refractivity contribution in [3.05, 3.63) is 69.7 Å². The van der Waals surface area contributed by atoms with Gasteiger partial charge in [-0.05, 0) is 31.7 Å². The molecule has 3 rings (SSSR count). The average Bonchev–Trinajstić information content (AvgIpc) is 2.57. The van der Waals surface area contributed by atoms with Crippen LogP contribution in [0.3, 0.4) is 0 Å². The van der Waals surface area contributed by atoms with E-state index in [9.17, 15) is 9.90 Å². The van der Waals surface area contributed by atoms with Gasteiger partial charge in [0.1, 0.15) is 5.60 Å². The van der Waals surface area contributed by atoms with Crippen molar-refractivity contribution in [3.63, 3.8) is 0 Å². The molecule has 0 unspecified atom stereocenters. The minimum Gasteiger partial charge on any atom is -0.384 e. The summed E-state index contributed by atoms with van der Waals surface area (Å²) in [5, 5.41) is 12.3. The molecule has 1 heterocycles. The predicted molar refractivity (Wildman–Crippen MR) is 96.7 cm³/mol. The second-order valence-electron chi connectivity index (χ2n) is 6.31. The van der Waals surface area contributed by atoms with Crippen molar-refractivity contribution in [2.75, 3.05) is 20.1 Å². The van der Waals surface area contributed by atoms with Gasteiger partial charge in [-0.25, -0.2) is 0 Å². The first-order chi connectivity index (χ1) is 11.4. The Labute approximate surface area is 151 Å². The molecule has 1 aliphatic heterocycles. The number of halogens is 2. The van der Waals surface area contributed by atoms with Crippen molar-refractivity contribution in [1.29, 1.82) is 0 Å². The molecule has 126 valence electrons. The first kappa shape index (κ1) is 17.4. The Morgan fingerprint density at radius 2 is 1.75 bits per heavy atom. The van der Waals surface area contributed by atoms with Gasteiger partial charge in [0.15, 0.2) is 5.78 Å². The van der Waals surface area contributed by atoms with Crippen molar-refractivity contribution in [3.8, 4) is 0 Å². The van der Waals surface area contributed by atoms with Crippen LogP contribution in [-0.2, 0) is 5.60 Å². The number of nitrogens with zero attached hydrogens (tertiary/aromatic N) is 1. The number of carbonyl (C=O) groups excluding carboxylic acids is 1. The molecular formula is C19H19Cl2NO2. The summed E-state index contributed by atoms with van der Waals surface area (Å²) >= 11 is 12.5. The summed E-state index contributed by atoms with van der Waals surface area (Å²) in [7, 11) is 1.94. The lowest BCUT2D eigenvalue weighted by atomic mass is 9.72. The predicted octanol–water partition coefficient (Wildman–Crippen LogP) is 4.02.